The molecule has 1 fully saturated rings. The smallest absolute Gasteiger partial charge is 0.146 e. The number of ether oxygens (including phenoxy) is 2. The summed E-state index contributed by atoms with van der Waals surface area (Å²) in [6.07, 6.45) is 1.14. The van der Waals surface area contributed by atoms with Gasteiger partial charge in [-0.25, -0.2) is 4.98 Å². The van der Waals surface area contributed by atoms with Gasteiger partial charge in [0.1, 0.15) is 23.5 Å². The van der Waals surface area contributed by atoms with Gasteiger partial charge in [0.05, 0.1) is 0 Å². The van der Waals surface area contributed by atoms with E-state index in [4.69, 9.17) is 9.47 Å². The molecule has 106 valence electrons. The molecule has 1 saturated carbocycles. The van der Waals surface area contributed by atoms with Crippen LogP contribution in [-0.4, -0.2) is 37.4 Å². The van der Waals surface area contributed by atoms with Gasteiger partial charge in [0.15, 0.2) is 0 Å². The molecule has 1 heterocycles. The summed E-state index contributed by atoms with van der Waals surface area (Å²) < 4.78 is 11.6. The zero-order chi connectivity index (χ0) is 14.1. The molecule has 0 spiro atoms. The van der Waals surface area contributed by atoms with E-state index in [2.05, 4.69) is 22.4 Å². The molecule has 0 amide bonds. The first-order valence-electron chi connectivity index (χ1n) is 6.96. The van der Waals surface area contributed by atoms with E-state index in [1.54, 1.807) is 7.11 Å². The molecule has 3 atom stereocenters. The molecular formula is C16H20N2O2. The number of aromatic nitrogens is 1. The lowest BCUT2D eigenvalue weighted by molar-refractivity contribution is -0.0865. The zero-order valence-electron chi connectivity index (χ0n) is 12.1. The summed E-state index contributed by atoms with van der Waals surface area (Å²) >= 11 is 0. The lowest BCUT2D eigenvalue weighted by Crippen LogP contribution is -2.60. The number of para-hydroxylation sites is 1. The molecule has 0 aliphatic heterocycles. The molecule has 1 aliphatic rings. The lowest BCUT2D eigenvalue weighted by Gasteiger charge is -2.43. The number of aryl methyl sites for hydroxylation is 1. The first-order valence-corrected chi connectivity index (χ1v) is 6.96. The highest BCUT2D eigenvalue weighted by atomic mass is 16.5. The minimum absolute atomic E-state index is 0.0883. The van der Waals surface area contributed by atoms with Crippen molar-refractivity contribution in [3.8, 4) is 5.75 Å². The van der Waals surface area contributed by atoms with Crippen LogP contribution in [0.25, 0.3) is 10.9 Å². The standard InChI is InChI=1S/C16H20N2O2/c1-10-7-8-11-5-4-6-13(15(11)18-10)20-14-9-12(17-2)16(14)19-3/h4-8,12,14,16-17H,9H2,1-3H3. The highest BCUT2D eigenvalue weighted by Crippen LogP contribution is 2.31. The van der Waals surface area contributed by atoms with Gasteiger partial charge >= 0.3 is 0 Å². The number of methoxy groups -OCH3 is 1. The van der Waals surface area contributed by atoms with Crippen molar-refractivity contribution in [2.75, 3.05) is 14.2 Å². The topological polar surface area (TPSA) is 43.4 Å². The van der Waals surface area contributed by atoms with Crippen molar-refractivity contribution in [1.82, 2.24) is 10.3 Å². The summed E-state index contributed by atoms with van der Waals surface area (Å²) in [5, 5.41) is 4.35. The number of nitrogens with one attached hydrogen (secondary N) is 1. The Morgan fingerprint density at radius 2 is 2.10 bits per heavy atom. The van der Waals surface area contributed by atoms with Gasteiger partial charge < -0.3 is 14.8 Å². The Kier molecular flexibility index (Phi) is 3.59. The van der Waals surface area contributed by atoms with Crippen molar-refractivity contribution >= 4 is 10.9 Å². The molecule has 1 N–H and O–H groups in total. The number of pyridine rings is 1. The molecule has 20 heavy (non-hydrogen) atoms. The molecule has 1 aromatic carbocycles. The molecule has 4 heteroatoms. The van der Waals surface area contributed by atoms with E-state index in [0.29, 0.717) is 6.04 Å². The molecule has 4 nitrogen and oxygen atoms in total. The second-order valence-corrected chi connectivity index (χ2v) is 5.27. The van der Waals surface area contributed by atoms with Crippen LogP contribution in [0, 0.1) is 6.92 Å². The molecule has 2 aromatic rings. The Morgan fingerprint density at radius 1 is 1.25 bits per heavy atom. The van der Waals surface area contributed by atoms with E-state index in [1.165, 1.54) is 0 Å². The Balaban J connectivity index is 1.86. The number of nitrogens with zero attached hydrogens (tertiary/aromatic N) is 1. The highest BCUT2D eigenvalue weighted by Gasteiger charge is 2.42. The second kappa shape index (κ2) is 5.38. The van der Waals surface area contributed by atoms with E-state index >= 15 is 0 Å². The van der Waals surface area contributed by atoms with Gasteiger partial charge in [-0.3, -0.25) is 0 Å². The van der Waals surface area contributed by atoms with Crippen molar-refractivity contribution in [3.63, 3.8) is 0 Å². The summed E-state index contributed by atoms with van der Waals surface area (Å²) in [6, 6.07) is 10.5. The second-order valence-electron chi connectivity index (χ2n) is 5.27. The van der Waals surface area contributed by atoms with Crippen LogP contribution in [-0.2, 0) is 4.74 Å². The first-order chi connectivity index (χ1) is 9.72. The molecule has 0 bridgehead atoms. The highest BCUT2D eigenvalue weighted by molar-refractivity contribution is 5.84. The van der Waals surface area contributed by atoms with Gasteiger partial charge in [-0.2, -0.15) is 0 Å². The summed E-state index contributed by atoms with van der Waals surface area (Å²) in [5.74, 6) is 0.841. The van der Waals surface area contributed by atoms with Crippen LogP contribution in [0.5, 0.6) is 5.75 Å². The maximum absolute atomic E-state index is 6.13. The molecule has 0 radical (unpaired) electrons. The van der Waals surface area contributed by atoms with Crippen LogP contribution >= 0.6 is 0 Å². The summed E-state index contributed by atoms with van der Waals surface area (Å²) in [6.45, 7) is 1.99. The van der Waals surface area contributed by atoms with Gasteiger partial charge in [-0.05, 0) is 26.1 Å². The van der Waals surface area contributed by atoms with E-state index in [9.17, 15) is 0 Å². The van der Waals surface area contributed by atoms with E-state index < -0.39 is 0 Å². The maximum Gasteiger partial charge on any atom is 0.146 e. The summed E-state index contributed by atoms with van der Waals surface area (Å²) in [7, 11) is 3.69. The predicted octanol–water partition coefficient (Wildman–Crippen LogP) is 2.30. The predicted molar refractivity (Wildman–Crippen MR) is 79.2 cm³/mol. The molecular weight excluding hydrogens is 252 g/mol. The van der Waals surface area contributed by atoms with Crippen LogP contribution < -0.4 is 10.1 Å². The van der Waals surface area contributed by atoms with Crippen molar-refractivity contribution < 1.29 is 9.47 Å². The Morgan fingerprint density at radius 3 is 2.85 bits per heavy atom. The fourth-order valence-corrected chi connectivity index (χ4v) is 2.77. The largest absolute Gasteiger partial charge is 0.485 e. The average molecular weight is 272 g/mol. The number of benzene rings is 1. The lowest BCUT2D eigenvalue weighted by atomic mass is 9.85. The molecule has 3 rings (SSSR count). The average Bonchev–Trinajstić information content (AvgIpc) is 2.43. The van der Waals surface area contributed by atoms with Crippen molar-refractivity contribution in [2.24, 2.45) is 0 Å². The Labute approximate surface area is 119 Å². The Hall–Kier alpha value is -1.65. The minimum atomic E-state index is 0.0883. The summed E-state index contributed by atoms with van der Waals surface area (Å²) in [4.78, 5) is 4.60. The number of likely N-dealkylation sites (N-methyl/N-ethyl adjacent to an activating group) is 1. The van der Waals surface area contributed by atoms with Crippen LogP contribution in [0.2, 0.25) is 0 Å². The van der Waals surface area contributed by atoms with E-state index in [0.717, 1.165) is 28.8 Å². The maximum atomic E-state index is 6.13. The Bertz CT molecular complexity index is 614. The van der Waals surface area contributed by atoms with Crippen LogP contribution in [0.15, 0.2) is 30.3 Å². The van der Waals surface area contributed by atoms with Crippen molar-refractivity contribution in [1.29, 1.82) is 0 Å². The fraction of sp³-hybridized carbons (Fsp3) is 0.438. The van der Waals surface area contributed by atoms with E-state index in [-0.39, 0.29) is 12.2 Å². The van der Waals surface area contributed by atoms with Gasteiger partial charge in [-0.1, -0.05) is 18.2 Å². The van der Waals surface area contributed by atoms with Crippen LogP contribution in [0.3, 0.4) is 0 Å². The third kappa shape index (κ3) is 2.25. The third-order valence-corrected chi connectivity index (χ3v) is 3.99. The first kappa shape index (κ1) is 13.3. The minimum Gasteiger partial charge on any atom is -0.485 e. The van der Waals surface area contributed by atoms with Gasteiger partial charge in [0.25, 0.3) is 0 Å². The number of hydrogen-bond donors (Lipinski definition) is 1. The quantitative estimate of drug-likeness (QED) is 0.927. The monoisotopic (exact) mass is 272 g/mol. The molecule has 0 saturated heterocycles. The van der Waals surface area contributed by atoms with Crippen LogP contribution in [0.1, 0.15) is 12.1 Å². The molecule has 1 aliphatic carbocycles. The van der Waals surface area contributed by atoms with Crippen molar-refractivity contribution in [3.05, 3.63) is 36.0 Å². The van der Waals surface area contributed by atoms with E-state index in [1.807, 2.05) is 32.2 Å². The third-order valence-electron chi connectivity index (χ3n) is 3.99. The number of rotatable bonds is 4. The zero-order valence-corrected chi connectivity index (χ0v) is 12.1. The molecule has 3 unspecified atom stereocenters. The summed E-state index contributed by atoms with van der Waals surface area (Å²) in [5.41, 5.74) is 1.92. The van der Waals surface area contributed by atoms with Gasteiger partial charge in [0.2, 0.25) is 0 Å². The van der Waals surface area contributed by atoms with Gasteiger partial charge in [0, 0.05) is 30.7 Å². The number of fused-ring (bicyclic) bond motifs is 1. The fourth-order valence-electron chi connectivity index (χ4n) is 2.77. The SMILES string of the molecule is CNC1CC(Oc2cccc3ccc(C)nc23)C1OC. The van der Waals surface area contributed by atoms with Crippen molar-refractivity contribution in [2.45, 2.75) is 31.6 Å². The normalized spacial score (nSPS) is 25.4. The van der Waals surface area contributed by atoms with Gasteiger partial charge in [-0.15, -0.1) is 0 Å². The number of hydrogen-bond acceptors (Lipinski definition) is 4. The van der Waals surface area contributed by atoms with Crippen LogP contribution in [0.4, 0.5) is 0 Å². The molecule has 1 aromatic heterocycles.